The zero-order valence-electron chi connectivity index (χ0n) is 10.6. The van der Waals surface area contributed by atoms with Gasteiger partial charge in [-0.3, -0.25) is 4.79 Å². The summed E-state index contributed by atoms with van der Waals surface area (Å²) in [5.41, 5.74) is 0.0538. The zero-order chi connectivity index (χ0) is 14.6. The first-order valence-electron chi connectivity index (χ1n) is 5.80. The summed E-state index contributed by atoms with van der Waals surface area (Å²) in [7, 11) is 0. The van der Waals surface area contributed by atoms with Crippen LogP contribution in [-0.4, -0.2) is 23.0 Å². The minimum Gasteiger partial charge on any atom is -0.480 e. The lowest BCUT2D eigenvalue weighted by Gasteiger charge is -2.16. The normalized spacial score (nSPS) is 12.3. The molecule has 0 fully saturated rings. The lowest BCUT2D eigenvalue weighted by Crippen LogP contribution is -2.41. The largest absolute Gasteiger partial charge is 0.480 e. The molecule has 0 unspecified atom stereocenters. The fraction of sp³-hybridized carbons (Fsp3) is 0.385. The Labute approximate surface area is 115 Å². The van der Waals surface area contributed by atoms with Crippen molar-refractivity contribution in [3.05, 3.63) is 34.6 Å². The summed E-state index contributed by atoms with van der Waals surface area (Å²) in [5, 5.41) is 11.4. The summed E-state index contributed by atoms with van der Waals surface area (Å²) in [4.78, 5) is 22.9. The smallest absolute Gasteiger partial charge is 0.326 e. The highest BCUT2D eigenvalue weighted by atomic mass is 35.5. The van der Waals surface area contributed by atoms with Crippen molar-refractivity contribution in [2.75, 3.05) is 0 Å². The molecular weight excluding hydrogens is 273 g/mol. The number of aliphatic carboxylic acids is 1. The highest BCUT2D eigenvalue weighted by Crippen LogP contribution is 2.17. The Morgan fingerprint density at radius 1 is 1.42 bits per heavy atom. The van der Waals surface area contributed by atoms with Crippen molar-refractivity contribution in [2.45, 2.75) is 26.3 Å². The number of hydrogen-bond acceptors (Lipinski definition) is 2. The Morgan fingerprint density at radius 2 is 2.05 bits per heavy atom. The van der Waals surface area contributed by atoms with E-state index in [2.05, 4.69) is 5.32 Å². The van der Waals surface area contributed by atoms with Gasteiger partial charge in [0.1, 0.15) is 11.9 Å². The first-order valence-corrected chi connectivity index (χ1v) is 6.17. The van der Waals surface area contributed by atoms with Gasteiger partial charge < -0.3 is 10.4 Å². The molecule has 1 rings (SSSR count). The van der Waals surface area contributed by atoms with Crippen molar-refractivity contribution in [1.29, 1.82) is 0 Å². The number of rotatable bonds is 5. The van der Waals surface area contributed by atoms with Crippen molar-refractivity contribution in [2.24, 2.45) is 5.92 Å². The molecule has 0 spiro atoms. The number of halogens is 2. The standard InChI is InChI=1S/C13H15ClFNO3/c1-7(2)5-11(13(18)19)16-12(17)9-4-3-8(15)6-10(9)14/h3-4,6-7,11H,5H2,1-2H3,(H,16,17)(H,18,19)/t11-/m0/s1. The van der Waals surface area contributed by atoms with Crippen molar-refractivity contribution >= 4 is 23.5 Å². The van der Waals surface area contributed by atoms with E-state index in [4.69, 9.17) is 16.7 Å². The van der Waals surface area contributed by atoms with Crippen LogP contribution in [0.3, 0.4) is 0 Å². The second-order valence-corrected chi connectivity index (χ2v) is 5.03. The molecule has 19 heavy (non-hydrogen) atoms. The SMILES string of the molecule is CC(C)C[C@H](NC(=O)c1ccc(F)cc1Cl)C(=O)O. The third-order valence-corrected chi connectivity index (χ3v) is 2.80. The van der Waals surface area contributed by atoms with E-state index in [0.29, 0.717) is 6.42 Å². The summed E-state index contributed by atoms with van der Waals surface area (Å²) in [5.74, 6) is -2.18. The van der Waals surface area contributed by atoms with Crippen LogP contribution in [0.25, 0.3) is 0 Å². The van der Waals surface area contributed by atoms with Crippen LogP contribution in [0.15, 0.2) is 18.2 Å². The van der Waals surface area contributed by atoms with Crippen molar-refractivity contribution in [1.82, 2.24) is 5.32 Å². The molecule has 4 nitrogen and oxygen atoms in total. The zero-order valence-corrected chi connectivity index (χ0v) is 11.4. The number of benzene rings is 1. The minimum atomic E-state index is -1.11. The van der Waals surface area contributed by atoms with Crippen LogP contribution in [0.2, 0.25) is 5.02 Å². The van der Waals surface area contributed by atoms with E-state index < -0.39 is 23.7 Å². The van der Waals surface area contributed by atoms with E-state index in [1.165, 1.54) is 6.07 Å². The van der Waals surface area contributed by atoms with E-state index in [1.54, 1.807) is 0 Å². The highest BCUT2D eigenvalue weighted by Gasteiger charge is 2.22. The topological polar surface area (TPSA) is 66.4 Å². The van der Waals surface area contributed by atoms with Crippen LogP contribution in [0, 0.1) is 11.7 Å². The van der Waals surface area contributed by atoms with Gasteiger partial charge in [0.15, 0.2) is 0 Å². The molecule has 1 aromatic rings. The Bertz CT molecular complexity index is 491. The maximum Gasteiger partial charge on any atom is 0.326 e. The lowest BCUT2D eigenvalue weighted by molar-refractivity contribution is -0.139. The third kappa shape index (κ3) is 4.52. The quantitative estimate of drug-likeness (QED) is 0.875. The molecule has 0 radical (unpaired) electrons. The maximum absolute atomic E-state index is 12.9. The molecule has 0 bridgehead atoms. The van der Waals surface area contributed by atoms with E-state index in [-0.39, 0.29) is 16.5 Å². The van der Waals surface area contributed by atoms with Crippen LogP contribution < -0.4 is 5.32 Å². The number of carboxylic acids is 1. The number of carbonyl (C=O) groups is 2. The predicted molar refractivity (Wildman–Crippen MR) is 69.8 cm³/mol. The summed E-state index contributed by atoms with van der Waals surface area (Å²) >= 11 is 5.74. The van der Waals surface area contributed by atoms with Crippen molar-refractivity contribution in [3.63, 3.8) is 0 Å². The molecule has 0 saturated heterocycles. The van der Waals surface area contributed by atoms with E-state index in [0.717, 1.165) is 12.1 Å². The average Bonchev–Trinajstić information content (AvgIpc) is 2.26. The number of carboxylic acid groups (broad SMARTS) is 1. The Morgan fingerprint density at radius 3 is 2.53 bits per heavy atom. The van der Waals surface area contributed by atoms with E-state index in [9.17, 15) is 14.0 Å². The second-order valence-electron chi connectivity index (χ2n) is 4.62. The Kier molecular flexibility index (Phi) is 5.30. The Balaban J connectivity index is 2.84. The van der Waals surface area contributed by atoms with Crippen molar-refractivity contribution < 1.29 is 19.1 Å². The molecule has 1 atom stereocenters. The molecule has 6 heteroatoms. The van der Waals surface area contributed by atoms with Crippen molar-refractivity contribution in [3.8, 4) is 0 Å². The molecule has 0 aliphatic heterocycles. The second kappa shape index (κ2) is 6.52. The molecule has 0 aromatic heterocycles. The lowest BCUT2D eigenvalue weighted by atomic mass is 10.0. The van der Waals surface area contributed by atoms with Gasteiger partial charge in [-0.1, -0.05) is 25.4 Å². The van der Waals surface area contributed by atoms with Gasteiger partial charge in [-0.25, -0.2) is 9.18 Å². The van der Waals surface area contributed by atoms with E-state index in [1.807, 2.05) is 13.8 Å². The van der Waals surface area contributed by atoms with Gasteiger partial charge in [0.2, 0.25) is 0 Å². The van der Waals surface area contributed by atoms with Crippen LogP contribution in [0.4, 0.5) is 4.39 Å². The first kappa shape index (κ1) is 15.4. The number of hydrogen-bond donors (Lipinski definition) is 2. The molecule has 0 aliphatic carbocycles. The monoisotopic (exact) mass is 287 g/mol. The van der Waals surface area contributed by atoms with E-state index >= 15 is 0 Å². The molecule has 1 aromatic carbocycles. The van der Waals surface area contributed by atoms with Gasteiger partial charge in [-0.2, -0.15) is 0 Å². The van der Waals surface area contributed by atoms with Gasteiger partial charge in [-0.05, 0) is 30.5 Å². The summed E-state index contributed by atoms with van der Waals surface area (Å²) in [6.45, 7) is 3.71. The summed E-state index contributed by atoms with van der Waals surface area (Å²) < 4.78 is 12.9. The number of nitrogens with one attached hydrogen (secondary N) is 1. The number of carbonyl (C=O) groups excluding carboxylic acids is 1. The molecule has 0 heterocycles. The molecule has 0 aliphatic rings. The predicted octanol–water partition coefficient (Wildman–Crippen LogP) is 2.71. The molecular formula is C13H15ClFNO3. The number of amides is 1. The maximum atomic E-state index is 12.9. The fourth-order valence-electron chi connectivity index (χ4n) is 1.60. The van der Waals surface area contributed by atoms with Gasteiger partial charge in [0.05, 0.1) is 10.6 Å². The minimum absolute atomic E-state index is 0.0498. The van der Waals surface area contributed by atoms with Gasteiger partial charge in [0.25, 0.3) is 5.91 Å². The Hall–Kier alpha value is -1.62. The molecule has 1 amide bonds. The van der Waals surface area contributed by atoms with Crippen LogP contribution in [0.5, 0.6) is 0 Å². The third-order valence-electron chi connectivity index (χ3n) is 2.49. The first-order chi connectivity index (χ1) is 8.81. The average molecular weight is 288 g/mol. The van der Waals surface area contributed by atoms with Crippen LogP contribution in [-0.2, 0) is 4.79 Å². The molecule has 0 saturated carbocycles. The molecule has 2 N–H and O–H groups in total. The van der Waals surface area contributed by atoms with Gasteiger partial charge in [-0.15, -0.1) is 0 Å². The van der Waals surface area contributed by atoms with Crippen LogP contribution >= 0.6 is 11.6 Å². The van der Waals surface area contributed by atoms with Gasteiger partial charge in [0, 0.05) is 0 Å². The molecule has 104 valence electrons. The fourth-order valence-corrected chi connectivity index (χ4v) is 1.86. The highest BCUT2D eigenvalue weighted by molar-refractivity contribution is 6.33. The summed E-state index contributed by atoms with van der Waals surface area (Å²) in [6, 6.07) is 2.34. The summed E-state index contributed by atoms with van der Waals surface area (Å²) in [6.07, 6.45) is 0.305. The van der Waals surface area contributed by atoms with Gasteiger partial charge >= 0.3 is 5.97 Å². The van der Waals surface area contributed by atoms with Crippen LogP contribution in [0.1, 0.15) is 30.6 Å².